The minimum atomic E-state index is -0.167. The fraction of sp³-hybridized carbons (Fsp3) is 0.600. The molecule has 0 amide bonds. The van der Waals surface area contributed by atoms with E-state index in [1.54, 1.807) is 0 Å². The molecule has 0 radical (unpaired) electrons. The van der Waals surface area contributed by atoms with E-state index in [0.717, 1.165) is 19.4 Å². The molecule has 0 saturated heterocycles. The first kappa shape index (κ1) is 14.2. The van der Waals surface area contributed by atoms with E-state index >= 15 is 0 Å². The topological polar surface area (TPSA) is 12.0 Å². The summed E-state index contributed by atoms with van der Waals surface area (Å²) in [7, 11) is 0. The highest BCUT2D eigenvalue weighted by molar-refractivity contribution is 5.19. The molecule has 0 aliphatic carbocycles. The highest BCUT2D eigenvalue weighted by Gasteiger charge is 2.16. The molecular formula is C15H24FN. The molecule has 0 heterocycles. The third-order valence-electron chi connectivity index (χ3n) is 2.91. The molecule has 1 aromatic carbocycles. The highest BCUT2D eigenvalue weighted by Crippen LogP contribution is 2.27. The average molecular weight is 237 g/mol. The van der Waals surface area contributed by atoms with Gasteiger partial charge in [0, 0.05) is 6.04 Å². The zero-order valence-electron chi connectivity index (χ0n) is 11.4. The van der Waals surface area contributed by atoms with Crippen molar-refractivity contribution in [3.05, 3.63) is 35.6 Å². The lowest BCUT2D eigenvalue weighted by molar-refractivity contribution is 0.333. The summed E-state index contributed by atoms with van der Waals surface area (Å²) in [6, 6.07) is 7.17. The van der Waals surface area contributed by atoms with Gasteiger partial charge in [-0.3, -0.25) is 0 Å². The zero-order valence-corrected chi connectivity index (χ0v) is 11.4. The molecule has 96 valence electrons. The fourth-order valence-corrected chi connectivity index (χ4v) is 1.91. The summed E-state index contributed by atoms with van der Waals surface area (Å²) in [5, 5.41) is 3.47. The molecule has 1 aromatic rings. The van der Waals surface area contributed by atoms with E-state index < -0.39 is 0 Å². The third-order valence-corrected chi connectivity index (χ3v) is 2.91. The van der Waals surface area contributed by atoms with Gasteiger partial charge >= 0.3 is 0 Å². The molecule has 0 aliphatic rings. The van der Waals surface area contributed by atoms with Gasteiger partial charge in [0.2, 0.25) is 0 Å². The Morgan fingerprint density at radius 2 is 1.76 bits per heavy atom. The quantitative estimate of drug-likeness (QED) is 0.805. The van der Waals surface area contributed by atoms with Crippen LogP contribution in [0.4, 0.5) is 4.39 Å². The van der Waals surface area contributed by atoms with Crippen LogP contribution in [0.25, 0.3) is 0 Å². The molecule has 0 bridgehead atoms. The van der Waals surface area contributed by atoms with E-state index in [2.05, 4.69) is 33.0 Å². The number of benzene rings is 1. The molecular weight excluding hydrogens is 213 g/mol. The molecule has 0 aromatic heterocycles. The van der Waals surface area contributed by atoms with Crippen LogP contribution in [0, 0.1) is 11.2 Å². The molecule has 2 heteroatoms. The van der Waals surface area contributed by atoms with Crippen LogP contribution in [0.2, 0.25) is 0 Å². The maximum absolute atomic E-state index is 12.9. The van der Waals surface area contributed by atoms with Crippen molar-refractivity contribution in [2.24, 2.45) is 5.41 Å². The van der Waals surface area contributed by atoms with Crippen LogP contribution in [-0.2, 0) is 0 Å². The van der Waals surface area contributed by atoms with E-state index in [1.165, 1.54) is 17.7 Å². The van der Waals surface area contributed by atoms with Crippen molar-refractivity contribution >= 4 is 0 Å². The Morgan fingerprint density at radius 3 is 2.24 bits per heavy atom. The van der Waals surface area contributed by atoms with E-state index in [4.69, 9.17) is 0 Å². The maximum atomic E-state index is 12.9. The van der Waals surface area contributed by atoms with Crippen molar-refractivity contribution in [1.82, 2.24) is 5.32 Å². The van der Waals surface area contributed by atoms with Gasteiger partial charge in [0.05, 0.1) is 0 Å². The summed E-state index contributed by atoms with van der Waals surface area (Å²) in [6.45, 7) is 9.79. The Kier molecular flexibility index (Phi) is 5.13. The van der Waals surface area contributed by atoms with Gasteiger partial charge in [0.25, 0.3) is 0 Å². The third kappa shape index (κ3) is 5.31. The van der Waals surface area contributed by atoms with E-state index in [0.29, 0.717) is 11.5 Å². The molecule has 1 N–H and O–H groups in total. The lowest BCUT2D eigenvalue weighted by Crippen LogP contribution is -2.22. The summed E-state index contributed by atoms with van der Waals surface area (Å²) >= 11 is 0. The number of rotatable bonds is 5. The molecule has 1 rings (SSSR count). The number of nitrogens with one attached hydrogen (secondary N) is 1. The SMILES string of the molecule is CCNC(CCC(C)(C)C)c1ccc(F)cc1. The minimum Gasteiger partial charge on any atom is -0.310 e. The molecule has 1 atom stereocenters. The smallest absolute Gasteiger partial charge is 0.123 e. The van der Waals surface area contributed by atoms with Crippen LogP contribution < -0.4 is 5.32 Å². The average Bonchev–Trinajstić information content (AvgIpc) is 2.24. The van der Waals surface area contributed by atoms with Gasteiger partial charge in [-0.1, -0.05) is 39.8 Å². The van der Waals surface area contributed by atoms with Crippen molar-refractivity contribution in [1.29, 1.82) is 0 Å². The van der Waals surface area contributed by atoms with Crippen LogP contribution in [0.5, 0.6) is 0 Å². The van der Waals surface area contributed by atoms with Crippen LogP contribution >= 0.6 is 0 Å². The fourth-order valence-electron chi connectivity index (χ4n) is 1.91. The maximum Gasteiger partial charge on any atom is 0.123 e. The van der Waals surface area contributed by atoms with Gasteiger partial charge in [-0.05, 0) is 42.5 Å². The van der Waals surface area contributed by atoms with Gasteiger partial charge in [-0.2, -0.15) is 0 Å². The number of hydrogen-bond donors (Lipinski definition) is 1. The van der Waals surface area contributed by atoms with Crippen molar-refractivity contribution in [2.45, 2.75) is 46.6 Å². The first-order chi connectivity index (χ1) is 7.92. The molecule has 0 aliphatic heterocycles. The van der Waals surface area contributed by atoms with Crippen molar-refractivity contribution in [3.63, 3.8) is 0 Å². The largest absolute Gasteiger partial charge is 0.310 e. The van der Waals surface area contributed by atoms with Crippen LogP contribution in [0.3, 0.4) is 0 Å². The van der Waals surface area contributed by atoms with Gasteiger partial charge in [-0.15, -0.1) is 0 Å². The highest BCUT2D eigenvalue weighted by atomic mass is 19.1. The first-order valence-electron chi connectivity index (χ1n) is 6.41. The molecule has 0 saturated carbocycles. The predicted octanol–water partition coefficient (Wildman–Crippen LogP) is 4.30. The molecule has 17 heavy (non-hydrogen) atoms. The Balaban J connectivity index is 2.68. The summed E-state index contributed by atoms with van der Waals surface area (Å²) in [6.07, 6.45) is 2.24. The Hall–Kier alpha value is -0.890. The van der Waals surface area contributed by atoms with Crippen molar-refractivity contribution < 1.29 is 4.39 Å². The Bertz CT molecular complexity index is 324. The molecule has 1 nitrogen and oxygen atoms in total. The van der Waals surface area contributed by atoms with Gasteiger partial charge < -0.3 is 5.32 Å². The second kappa shape index (κ2) is 6.15. The second-order valence-electron chi connectivity index (χ2n) is 5.76. The van der Waals surface area contributed by atoms with Crippen molar-refractivity contribution in [2.75, 3.05) is 6.54 Å². The zero-order chi connectivity index (χ0) is 12.9. The lowest BCUT2D eigenvalue weighted by atomic mass is 9.87. The molecule has 0 fully saturated rings. The molecule has 1 unspecified atom stereocenters. The number of hydrogen-bond acceptors (Lipinski definition) is 1. The summed E-state index contributed by atoms with van der Waals surface area (Å²) in [4.78, 5) is 0. The number of halogens is 1. The van der Waals surface area contributed by atoms with Gasteiger partial charge in [0.1, 0.15) is 5.82 Å². The second-order valence-corrected chi connectivity index (χ2v) is 5.76. The predicted molar refractivity (Wildman–Crippen MR) is 71.5 cm³/mol. The Morgan fingerprint density at radius 1 is 1.18 bits per heavy atom. The van der Waals surface area contributed by atoms with Crippen LogP contribution in [-0.4, -0.2) is 6.54 Å². The van der Waals surface area contributed by atoms with Gasteiger partial charge in [0.15, 0.2) is 0 Å². The molecule has 0 spiro atoms. The van der Waals surface area contributed by atoms with E-state index in [-0.39, 0.29) is 5.82 Å². The summed E-state index contributed by atoms with van der Waals surface area (Å²) < 4.78 is 12.9. The van der Waals surface area contributed by atoms with Crippen LogP contribution in [0.15, 0.2) is 24.3 Å². The van der Waals surface area contributed by atoms with E-state index in [1.807, 2.05) is 12.1 Å². The summed E-state index contributed by atoms with van der Waals surface area (Å²) in [5.41, 5.74) is 1.52. The van der Waals surface area contributed by atoms with Gasteiger partial charge in [-0.25, -0.2) is 4.39 Å². The van der Waals surface area contributed by atoms with Crippen LogP contribution in [0.1, 0.15) is 52.1 Å². The Labute approximate surface area is 104 Å². The van der Waals surface area contributed by atoms with E-state index in [9.17, 15) is 4.39 Å². The first-order valence-corrected chi connectivity index (χ1v) is 6.41. The normalized spacial score (nSPS) is 13.7. The summed E-state index contributed by atoms with van der Waals surface area (Å²) in [5.74, 6) is -0.167. The monoisotopic (exact) mass is 237 g/mol. The van der Waals surface area contributed by atoms with Crippen molar-refractivity contribution in [3.8, 4) is 0 Å². The minimum absolute atomic E-state index is 0.167. The lowest BCUT2D eigenvalue weighted by Gasteiger charge is -2.24. The standard InChI is InChI=1S/C15H24FN/c1-5-17-14(10-11-15(2,3)4)12-6-8-13(16)9-7-12/h6-9,14,17H,5,10-11H2,1-4H3.